The van der Waals surface area contributed by atoms with Crippen LogP contribution >= 0.6 is 0 Å². The molecule has 0 aliphatic carbocycles. The molecule has 6 nitrogen and oxygen atoms in total. The highest BCUT2D eigenvalue weighted by molar-refractivity contribution is 5.93. The van der Waals surface area contributed by atoms with Crippen molar-refractivity contribution in [1.29, 1.82) is 0 Å². The fourth-order valence-electron chi connectivity index (χ4n) is 3.28. The van der Waals surface area contributed by atoms with Gasteiger partial charge < -0.3 is 19.5 Å². The van der Waals surface area contributed by atoms with Gasteiger partial charge in [0.2, 0.25) is 5.91 Å². The number of anilines is 2. The van der Waals surface area contributed by atoms with E-state index in [9.17, 15) is 14.0 Å². The summed E-state index contributed by atoms with van der Waals surface area (Å²) in [5.41, 5.74) is 3.24. The molecule has 168 valence electrons. The molecule has 1 heterocycles. The largest absolute Gasteiger partial charge is 0.459 e. The molecule has 0 saturated heterocycles. The number of amides is 2. The van der Waals surface area contributed by atoms with Gasteiger partial charge in [0, 0.05) is 44.5 Å². The summed E-state index contributed by atoms with van der Waals surface area (Å²) in [6.45, 7) is 4.21. The Kier molecular flexibility index (Phi) is 7.30. The summed E-state index contributed by atoms with van der Waals surface area (Å²) in [6, 6.07) is 15.0. The lowest BCUT2D eigenvalue weighted by Crippen LogP contribution is -2.30. The first-order valence-corrected chi connectivity index (χ1v) is 10.4. The molecule has 0 fully saturated rings. The Hall–Kier alpha value is -3.61. The number of hydrogen-bond acceptors (Lipinski definition) is 4. The van der Waals surface area contributed by atoms with Crippen molar-refractivity contribution in [2.45, 2.75) is 26.9 Å². The highest BCUT2D eigenvalue weighted by Crippen LogP contribution is 2.26. The second-order valence-corrected chi connectivity index (χ2v) is 8.15. The van der Waals surface area contributed by atoms with Crippen LogP contribution in [0.2, 0.25) is 0 Å². The number of furan rings is 1. The minimum absolute atomic E-state index is 0.0802. The Labute approximate surface area is 187 Å². The molecule has 0 unspecified atom stereocenters. The average molecular weight is 438 g/mol. The molecule has 0 atom stereocenters. The van der Waals surface area contributed by atoms with Gasteiger partial charge in [-0.25, -0.2) is 4.39 Å². The summed E-state index contributed by atoms with van der Waals surface area (Å²) in [5.74, 6) is -0.615. The lowest BCUT2D eigenvalue weighted by atomic mass is 10.1. The van der Waals surface area contributed by atoms with E-state index in [1.807, 2.05) is 51.0 Å². The van der Waals surface area contributed by atoms with Crippen molar-refractivity contribution in [2.24, 2.45) is 5.92 Å². The molecule has 3 aromatic rings. The van der Waals surface area contributed by atoms with E-state index in [2.05, 4.69) is 5.32 Å². The lowest BCUT2D eigenvalue weighted by molar-refractivity contribution is -0.118. The third kappa shape index (κ3) is 5.75. The van der Waals surface area contributed by atoms with E-state index in [4.69, 9.17) is 4.42 Å². The molecule has 1 aromatic heterocycles. The molecule has 0 saturated carbocycles. The van der Waals surface area contributed by atoms with Gasteiger partial charge in [0.05, 0.1) is 6.26 Å². The predicted molar refractivity (Wildman–Crippen MR) is 123 cm³/mol. The van der Waals surface area contributed by atoms with Gasteiger partial charge in [0.25, 0.3) is 5.91 Å². The minimum Gasteiger partial charge on any atom is -0.459 e. The first-order chi connectivity index (χ1) is 15.2. The van der Waals surface area contributed by atoms with Crippen LogP contribution in [0, 0.1) is 11.7 Å². The minimum atomic E-state index is -0.332. The van der Waals surface area contributed by atoms with Crippen molar-refractivity contribution in [1.82, 2.24) is 4.90 Å². The van der Waals surface area contributed by atoms with Crippen molar-refractivity contribution < 1.29 is 18.4 Å². The molecule has 0 spiro atoms. The van der Waals surface area contributed by atoms with Gasteiger partial charge in [0.1, 0.15) is 5.82 Å². The van der Waals surface area contributed by atoms with Gasteiger partial charge in [-0.1, -0.05) is 26.0 Å². The Morgan fingerprint density at radius 1 is 1.03 bits per heavy atom. The molecule has 2 aromatic carbocycles. The molecule has 32 heavy (non-hydrogen) atoms. The van der Waals surface area contributed by atoms with Crippen molar-refractivity contribution in [3.63, 3.8) is 0 Å². The Morgan fingerprint density at radius 2 is 1.75 bits per heavy atom. The van der Waals surface area contributed by atoms with Crippen LogP contribution in [-0.2, 0) is 17.9 Å². The van der Waals surface area contributed by atoms with Crippen molar-refractivity contribution in [3.05, 3.63) is 83.6 Å². The molecular weight excluding hydrogens is 409 g/mol. The topological polar surface area (TPSA) is 65.8 Å². The number of rotatable bonds is 8. The van der Waals surface area contributed by atoms with Crippen LogP contribution < -0.4 is 10.2 Å². The zero-order valence-electron chi connectivity index (χ0n) is 18.8. The number of carbonyl (C=O) groups is 2. The molecule has 7 heteroatoms. The molecule has 3 rings (SSSR count). The highest BCUT2D eigenvalue weighted by atomic mass is 19.1. The zero-order chi connectivity index (χ0) is 23.3. The van der Waals surface area contributed by atoms with E-state index in [1.165, 1.54) is 18.4 Å². The molecule has 0 aliphatic heterocycles. The van der Waals surface area contributed by atoms with Crippen molar-refractivity contribution in [2.75, 3.05) is 24.3 Å². The maximum Gasteiger partial charge on any atom is 0.290 e. The average Bonchev–Trinajstić information content (AvgIpc) is 3.29. The fourth-order valence-corrected chi connectivity index (χ4v) is 3.28. The predicted octanol–water partition coefficient (Wildman–Crippen LogP) is 4.92. The van der Waals surface area contributed by atoms with Crippen LogP contribution in [0.15, 0.2) is 65.3 Å². The van der Waals surface area contributed by atoms with E-state index in [0.29, 0.717) is 5.69 Å². The number of halogens is 1. The number of benzene rings is 2. The van der Waals surface area contributed by atoms with Crippen molar-refractivity contribution >= 4 is 23.2 Å². The third-order valence-electron chi connectivity index (χ3n) is 5.02. The van der Waals surface area contributed by atoms with E-state index in [-0.39, 0.29) is 42.4 Å². The number of hydrogen-bond donors (Lipinski definition) is 1. The van der Waals surface area contributed by atoms with E-state index in [1.54, 1.807) is 29.2 Å². The first kappa shape index (κ1) is 23.1. The van der Waals surface area contributed by atoms with Gasteiger partial charge in [-0.2, -0.15) is 0 Å². The molecule has 1 N–H and O–H groups in total. The molecule has 0 radical (unpaired) electrons. The smallest absolute Gasteiger partial charge is 0.290 e. The summed E-state index contributed by atoms with van der Waals surface area (Å²) in [5, 5.41) is 2.91. The molecule has 2 amide bonds. The highest BCUT2D eigenvalue weighted by Gasteiger charge is 2.21. The van der Waals surface area contributed by atoms with E-state index in [0.717, 1.165) is 16.8 Å². The summed E-state index contributed by atoms with van der Waals surface area (Å²) in [6.07, 6.45) is 1.45. The molecular formula is C25H28FN3O3. The molecule has 0 aliphatic rings. The van der Waals surface area contributed by atoms with Crippen LogP contribution in [0.5, 0.6) is 0 Å². The first-order valence-electron chi connectivity index (χ1n) is 10.4. The zero-order valence-corrected chi connectivity index (χ0v) is 18.8. The Bertz CT molecular complexity index is 1060. The summed E-state index contributed by atoms with van der Waals surface area (Å²) in [4.78, 5) is 29.0. The number of carbonyl (C=O) groups excluding carboxylic acids is 2. The summed E-state index contributed by atoms with van der Waals surface area (Å²) >= 11 is 0. The van der Waals surface area contributed by atoms with Crippen LogP contribution in [0.4, 0.5) is 15.8 Å². The van der Waals surface area contributed by atoms with Gasteiger partial charge in [-0.15, -0.1) is 0 Å². The maximum atomic E-state index is 13.4. The normalized spacial score (nSPS) is 10.8. The quantitative estimate of drug-likeness (QED) is 0.543. The summed E-state index contributed by atoms with van der Waals surface area (Å²) in [7, 11) is 3.84. The summed E-state index contributed by atoms with van der Waals surface area (Å²) < 4.78 is 18.7. The van der Waals surface area contributed by atoms with Gasteiger partial charge in [-0.05, 0) is 53.6 Å². The number of nitrogens with one attached hydrogen (secondary N) is 1. The standard InChI is InChI=1S/C25H28FN3O3/c1-17(2)24(30)27-21-11-12-22(28(3)4)19(14-21)16-29(25(31)23-6-5-13-32-23)15-18-7-9-20(26)10-8-18/h5-14,17H,15-16H2,1-4H3,(H,27,30). The SMILES string of the molecule is CC(C)C(=O)Nc1ccc(N(C)C)c(CN(Cc2ccc(F)cc2)C(=O)c2ccco2)c1. The third-order valence-corrected chi connectivity index (χ3v) is 5.02. The second-order valence-electron chi connectivity index (χ2n) is 8.15. The van der Waals surface area contributed by atoms with Crippen LogP contribution in [-0.4, -0.2) is 30.8 Å². The Morgan fingerprint density at radius 3 is 2.34 bits per heavy atom. The van der Waals surface area contributed by atoms with Crippen LogP contribution in [0.3, 0.4) is 0 Å². The van der Waals surface area contributed by atoms with Crippen LogP contribution in [0.1, 0.15) is 35.5 Å². The monoisotopic (exact) mass is 437 g/mol. The van der Waals surface area contributed by atoms with Gasteiger partial charge in [-0.3, -0.25) is 9.59 Å². The fraction of sp³-hybridized carbons (Fsp3) is 0.280. The van der Waals surface area contributed by atoms with E-state index < -0.39 is 0 Å². The van der Waals surface area contributed by atoms with Gasteiger partial charge in [0.15, 0.2) is 5.76 Å². The number of nitrogens with zero attached hydrogens (tertiary/aromatic N) is 2. The van der Waals surface area contributed by atoms with Gasteiger partial charge >= 0.3 is 0 Å². The second kappa shape index (κ2) is 10.1. The van der Waals surface area contributed by atoms with E-state index >= 15 is 0 Å². The molecule has 0 bridgehead atoms. The van der Waals surface area contributed by atoms with Crippen LogP contribution in [0.25, 0.3) is 0 Å². The van der Waals surface area contributed by atoms with Crippen molar-refractivity contribution in [3.8, 4) is 0 Å². The Balaban J connectivity index is 1.95. The maximum absolute atomic E-state index is 13.4. The lowest BCUT2D eigenvalue weighted by Gasteiger charge is -2.26.